The quantitative estimate of drug-likeness (QED) is 0.565. The van der Waals surface area contributed by atoms with Gasteiger partial charge in [-0.25, -0.2) is 13.2 Å². The molecule has 11 heteroatoms. The normalized spacial score (nSPS) is 15.1. The molecule has 2 aromatic rings. The van der Waals surface area contributed by atoms with Gasteiger partial charge in [0.25, 0.3) is 5.56 Å². The Hall–Kier alpha value is -2.79. The summed E-state index contributed by atoms with van der Waals surface area (Å²) in [6.45, 7) is 4.38. The van der Waals surface area contributed by atoms with Gasteiger partial charge in [-0.1, -0.05) is 12.1 Å². The summed E-state index contributed by atoms with van der Waals surface area (Å²) in [5, 5.41) is 0. The summed E-state index contributed by atoms with van der Waals surface area (Å²) >= 11 is 0. The zero-order chi connectivity index (χ0) is 22.6. The highest BCUT2D eigenvalue weighted by molar-refractivity contribution is 7.92. The number of ether oxygens (including phenoxy) is 1. The van der Waals surface area contributed by atoms with Crippen LogP contribution in [-0.2, 0) is 24.1 Å². The fourth-order valence-electron chi connectivity index (χ4n) is 3.57. The van der Waals surface area contributed by atoms with E-state index in [0.717, 1.165) is 50.0 Å². The van der Waals surface area contributed by atoms with Crippen molar-refractivity contribution in [2.75, 3.05) is 55.2 Å². The largest absolute Gasteiger partial charge is 0.491 e. The first-order valence-corrected chi connectivity index (χ1v) is 12.0. The summed E-state index contributed by atoms with van der Waals surface area (Å²) in [5.74, 6) is 1.15. The number of rotatable bonds is 8. The summed E-state index contributed by atoms with van der Waals surface area (Å²) in [6.07, 6.45) is 1.90. The number of sulfonamides is 1. The number of hydrogen-bond donors (Lipinski definition) is 1. The van der Waals surface area contributed by atoms with Crippen molar-refractivity contribution in [1.82, 2.24) is 14.0 Å². The predicted octanol–water partition coefficient (Wildman–Crippen LogP) is 0.0466. The number of benzene rings is 1. The smallest absolute Gasteiger partial charge is 0.332 e. The molecule has 2 heterocycles. The summed E-state index contributed by atoms with van der Waals surface area (Å²) < 4.78 is 33.8. The third-order valence-corrected chi connectivity index (χ3v) is 5.85. The van der Waals surface area contributed by atoms with Crippen molar-refractivity contribution < 1.29 is 13.2 Å². The van der Waals surface area contributed by atoms with E-state index in [2.05, 4.69) is 14.5 Å². The van der Waals surface area contributed by atoms with E-state index in [1.165, 1.54) is 17.7 Å². The molecular weight excluding hydrogens is 422 g/mol. The number of nitrogens with zero attached hydrogens (tertiary/aromatic N) is 4. The van der Waals surface area contributed by atoms with Gasteiger partial charge in [0.1, 0.15) is 11.6 Å². The van der Waals surface area contributed by atoms with E-state index >= 15 is 0 Å². The number of aromatic nitrogens is 2. The molecule has 31 heavy (non-hydrogen) atoms. The average molecular weight is 452 g/mol. The second kappa shape index (κ2) is 9.56. The highest BCUT2D eigenvalue weighted by atomic mass is 32.2. The van der Waals surface area contributed by atoms with Crippen LogP contribution in [0, 0.1) is 0 Å². The summed E-state index contributed by atoms with van der Waals surface area (Å²) in [6, 6.07) is 8.46. The van der Waals surface area contributed by atoms with Crippen molar-refractivity contribution >= 4 is 21.5 Å². The Kier molecular flexibility index (Phi) is 7.06. The number of piperazine rings is 1. The zero-order valence-corrected chi connectivity index (χ0v) is 18.9. The van der Waals surface area contributed by atoms with Crippen LogP contribution in [0.5, 0.6) is 5.75 Å². The minimum Gasteiger partial charge on any atom is -0.491 e. The Balaban J connectivity index is 1.48. The zero-order valence-electron chi connectivity index (χ0n) is 18.1. The number of nitrogens with one attached hydrogen (secondary N) is 1. The first-order valence-electron chi connectivity index (χ1n) is 10.1. The second-order valence-corrected chi connectivity index (χ2v) is 9.39. The molecule has 0 atom stereocenters. The number of hydrogen-bond acceptors (Lipinski definition) is 7. The monoisotopic (exact) mass is 451 g/mol. The van der Waals surface area contributed by atoms with Gasteiger partial charge in [-0.3, -0.25) is 23.6 Å². The molecule has 0 amide bonds. The van der Waals surface area contributed by atoms with Gasteiger partial charge in [0.05, 0.1) is 18.6 Å². The van der Waals surface area contributed by atoms with Gasteiger partial charge in [-0.15, -0.1) is 0 Å². The minimum atomic E-state index is -3.37. The van der Waals surface area contributed by atoms with Crippen LogP contribution >= 0.6 is 0 Å². The van der Waals surface area contributed by atoms with Crippen LogP contribution in [0.3, 0.4) is 0 Å². The van der Waals surface area contributed by atoms with E-state index < -0.39 is 10.0 Å². The standard InChI is InChI=1S/C20H29N5O5S/c1-22-18(15-19(26)23(2)20(22)27)25-12-10-24(11-13-25)9-6-14-30-17-8-5-4-7-16(17)21-31(3,28)29/h4-5,7-8,15,21H,6,9-14H2,1-3H3. The van der Waals surface area contributed by atoms with Crippen molar-refractivity contribution in [3.05, 3.63) is 51.2 Å². The lowest BCUT2D eigenvalue weighted by Gasteiger charge is -2.36. The second-order valence-electron chi connectivity index (χ2n) is 7.64. The maximum atomic E-state index is 12.1. The fraction of sp³-hybridized carbons (Fsp3) is 0.500. The molecule has 170 valence electrons. The Morgan fingerprint density at radius 1 is 1.03 bits per heavy atom. The number of anilines is 2. The molecule has 0 saturated carbocycles. The topological polar surface area (TPSA) is 106 Å². The first kappa shape index (κ1) is 22.9. The first-order chi connectivity index (χ1) is 14.7. The Labute approximate surface area is 181 Å². The third-order valence-electron chi connectivity index (χ3n) is 5.26. The Morgan fingerprint density at radius 2 is 1.71 bits per heavy atom. The lowest BCUT2D eigenvalue weighted by atomic mass is 10.3. The Bertz CT molecular complexity index is 1130. The van der Waals surface area contributed by atoms with Gasteiger partial charge in [0.15, 0.2) is 0 Å². The molecule has 1 saturated heterocycles. The molecule has 10 nitrogen and oxygen atoms in total. The van der Waals surface area contributed by atoms with E-state index in [4.69, 9.17) is 4.74 Å². The van der Waals surface area contributed by atoms with Crippen LogP contribution in [0.2, 0.25) is 0 Å². The van der Waals surface area contributed by atoms with Gasteiger partial charge < -0.3 is 9.64 Å². The van der Waals surface area contributed by atoms with Crippen molar-refractivity contribution in [1.29, 1.82) is 0 Å². The Morgan fingerprint density at radius 3 is 2.39 bits per heavy atom. The molecule has 1 aliphatic heterocycles. The van der Waals surface area contributed by atoms with Crippen molar-refractivity contribution in [2.45, 2.75) is 6.42 Å². The van der Waals surface area contributed by atoms with Gasteiger partial charge in [-0.05, 0) is 18.6 Å². The molecule has 1 N–H and O–H groups in total. The van der Waals surface area contributed by atoms with E-state index in [9.17, 15) is 18.0 Å². The molecule has 3 rings (SSSR count). The minimum absolute atomic E-state index is 0.302. The van der Waals surface area contributed by atoms with Gasteiger partial charge >= 0.3 is 5.69 Å². The van der Waals surface area contributed by atoms with Crippen LogP contribution in [0.15, 0.2) is 39.9 Å². The molecule has 0 unspecified atom stereocenters. The van der Waals surface area contributed by atoms with Crippen molar-refractivity contribution in [3.63, 3.8) is 0 Å². The highest BCUT2D eigenvalue weighted by Crippen LogP contribution is 2.24. The van der Waals surface area contributed by atoms with E-state index in [1.54, 1.807) is 31.3 Å². The average Bonchev–Trinajstić information content (AvgIpc) is 2.73. The molecule has 1 aromatic carbocycles. The van der Waals surface area contributed by atoms with Crippen molar-refractivity contribution in [3.8, 4) is 5.75 Å². The van der Waals surface area contributed by atoms with E-state index in [1.807, 2.05) is 0 Å². The molecule has 1 aliphatic rings. The highest BCUT2D eigenvalue weighted by Gasteiger charge is 2.20. The maximum Gasteiger partial charge on any atom is 0.332 e. The summed E-state index contributed by atoms with van der Waals surface area (Å²) in [4.78, 5) is 28.5. The van der Waals surface area contributed by atoms with Crippen molar-refractivity contribution in [2.24, 2.45) is 14.1 Å². The predicted molar refractivity (Wildman–Crippen MR) is 121 cm³/mol. The van der Waals surface area contributed by atoms with Crippen LogP contribution in [-0.4, -0.2) is 68.0 Å². The SMILES string of the molecule is Cn1c(N2CCN(CCCOc3ccccc3NS(C)(=O)=O)CC2)cc(=O)n(C)c1=O. The summed E-state index contributed by atoms with van der Waals surface area (Å²) in [5.41, 5.74) is -0.200. The fourth-order valence-corrected chi connectivity index (χ4v) is 4.14. The van der Waals surface area contributed by atoms with E-state index in [0.29, 0.717) is 23.9 Å². The molecule has 0 aliphatic carbocycles. The molecule has 1 fully saturated rings. The van der Waals surface area contributed by atoms with Crippen LogP contribution in [0.25, 0.3) is 0 Å². The van der Waals surface area contributed by atoms with E-state index in [-0.39, 0.29) is 11.2 Å². The molecule has 0 radical (unpaired) electrons. The lowest BCUT2D eigenvalue weighted by molar-refractivity contribution is 0.224. The van der Waals surface area contributed by atoms with Gasteiger partial charge in [-0.2, -0.15) is 0 Å². The molecule has 1 aromatic heterocycles. The molecular formula is C20H29N5O5S. The van der Waals surface area contributed by atoms with Crippen LogP contribution in [0.1, 0.15) is 6.42 Å². The third kappa shape index (κ3) is 5.88. The van der Waals surface area contributed by atoms with Crippen LogP contribution in [0.4, 0.5) is 11.5 Å². The van der Waals surface area contributed by atoms with Crippen LogP contribution < -0.4 is 25.6 Å². The van der Waals surface area contributed by atoms with Gasteiger partial charge in [0.2, 0.25) is 10.0 Å². The lowest BCUT2D eigenvalue weighted by Crippen LogP contribution is -2.49. The number of para-hydroxylation sites is 2. The van der Waals surface area contributed by atoms with Gasteiger partial charge in [0, 0.05) is 52.9 Å². The molecule has 0 bridgehead atoms. The molecule has 0 spiro atoms. The maximum absolute atomic E-state index is 12.1. The summed E-state index contributed by atoms with van der Waals surface area (Å²) in [7, 11) is -0.217.